The van der Waals surface area contributed by atoms with Crippen molar-refractivity contribution in [3.05, 3.63) is 24.3 Å². The molecular formula is C24H38O6Zr. The molecule has 0 amide bonds. The summed E-state index contributed by atoms with van der Waals surface area (Å²) in [5.74, 6) is -1.22. The maximum absolute atomic E-state index is 9.91. The summed E-state index contributed by atoms with van der Waals surface area (Å²) in [6, 6.07) is 0. The molecule has 2 aliphatic carbocycles. The summed E-state index contributed by atoms with van der Waals surface area (Å²) in [7, 11) is 0. The van der Waals surface area contributed by atoms with Crippen LogP contribution in [-0.2, 0) is 39.1 Å². The van der Waals surface area contributed by atoms with E-state index >= 15 is 0 Å². The predicted octanol–water partition coefficient (Wildman–Crippen LogP) is 1.82. The Morgan fingerprint density at radius 2 is 0.968 bits per heavy atom. The zero-order valence-electron chi connectivity index (χ0n) is 20.4. The van der Waals surface area contributed by atoms with E-state index in [4.69, 9.17) is 0 Å². The molecular weight excluding hydrogens is 475 g/mol. The number of rotatable bonds is 0. The van der Waals surface area contributed by atoms with E-state index in [1.54, 1.807) is 87.0 Å². The van der Waals surface area contributed by atoms with Crippen LogP contribution >= 0.6 is 0 Å². The van der Waals surface area contributed by atoms with Crippen molar-refractivity contribution in [1.82, 2.24) is 0 Å². The summed E-state index contributed by atoms with van der Waals surface area (Å²) < 4.78 is 1.01. The minimum atomic E-state index is -1.01. The van der Waals surface area contributed by atoms with Crippen LogP contribution in [0.1, 0.15) is 75.2 Å². The van der Waals surface area contributed by atoms with Gasteiger partial charge in [-0.1, -0.05) is 62.3 Å². The van der Waals surface area contributed by atoms with E-state index in [0.29, 0.717) is 0 Å². The molecule has 31 heavy (non-hydrogen) atoms. The van der Waals surface area contributed by atoms with E-state index in [-0.39, 0.29) is 0 Å². The molecule has 0 saturated heterocycles. The quantitative estimate of drug-likeness (QED) is 0.487. The fraction of sp³-hybridized carbons (Fsp3) is 0.708. The SMILES string of the molecule is CC(C)(C)C(=O)[O-].CC(C)(C)C(=O)[O-].CC(C)(C)C(=O)[O-].[Zr+3][CH]1CCC2C=CC=CC12. The first kappa shape index (κ1) is 32.0. The Kier molecular flexibility index (Phi) is 13.8. The van der Waals surface area contributed by atoms with Gasteiger partial charge in [-0.05, 0) is 0 Å². The van der Waals surface area contributed by atoms with Gasteiger partial charge in [0.2, 0.25) is 0 Å². The molecule has 0 radical (unpaired) electrons. The van der Waals surface area contributed by atoms with Gasteiger partial charge in [0.1, 0.15) is 0 Å². The van der Waals surface area contributed by atoms with Crippen molar-refractivity contribution in [2.24, 2.45) is 28.1 Å². The van der Waals surface area contributed by atoms with E-state index in [1.165, 1.54) is 12.8 Å². The van der Waals surface area contributed by atoms with Crippen molar-refractivity contribution in [2.45, 2.75) is 78.8 Å². The molecule has 0 heterocycles. The van der Waals surface area contributed by atoms with Crippen molar-refractivity contribution >= 4 is 17.9 Å². The number of hydrogen-bond acceptors (Lipinski definition) is 6. The van der Waals surface area contributed by atoms with Crippen LogP contribution in [-0.4, -0.2) is 17.9 Å². The minimum absolute atomic E-state index is 0.694. The van der Waals surface area contributed by atoms with Gasteiger partial charge in [-0.15, -0.1) is 0 Å². The van der Waals surface area contributed by atoms with Crippen molar-refractivity contribution in [1.29, 1.82) is 0 Å². The second-order valence-electron chi connectivity index (χ2n) is 10.8. The Labute approximate surface area is 203 Å². The molecule has 1 saturated carbocycles. The Morgan fingerprint density at radius 3 is 1.23 bits per heavy atom. The number of hydrogen-bond donors (Lipinski definition) is 0. The fourth-order valence-corrected chi connectivity index (χ4v) is 3.25. The van der Waals surface area contributed by atoms with Gasteiger partial charge in [0, 0.05) is 34.2 Å². The zero-order valence-corrected chi connectivity index (χ0v) is 22.9. The molecule has 0 spiro atoms. The normalized spacial score (nSPS) is 21.8. The zero-order chi connectivity index (χ0) is 25.2. The molecule has 0 aromatic rings. The predicted molar refractivity (Wildman–Crippen MR) is 112 cm³/mol. The summed E-state index contributed by atoms with van der Waals surface area (Å²) in [5.41, 5.74) is -2.08. The van der Waals surface area contributed by atoms with Gasteiger partial charge in [0.15, 0.2) is 0 Å². The molecule has 0 aromatic carbocycles. The third kappa shape index (κ3) is 15.3. The number of carbonyl (C=O) groups is 3. The summed E-state index contributed by atoms with van der Waals surface area (Å²) in [6.07, 6.45) is 12.1. The number of carboxylic acid groups (broad SMARTS) is 3. The van der Waals surface area contributed by atoms with Crippen molar-refractivity contribution in [2.75, 3.05) is 0 Å². The summed E-state index contributed by atoms with van der Waals surface area (Å²) >= 11 is 1.73. The van der Waals surface area contributed by atoms with Crippen LogP contribution in [0.5, 0.6) is 0 Å². The number of allylic oxidation sites excluding steroid dienone is 4. The summed E-state index contributed by atoms with van der Waals surface area (Å²) in [6.45, 7) is 14.4. The second kappa shape index (κ2) is 13.4. The first-order valence-electron chi connectivity index (χ1n) is 10.4. The van der Waals surface area contributed by atoms with E-state index in [9.17, 15) is 29.7 Å². The van der Waals surface area contributed by atoms with E-state index in [0.717, 1.165) is 15.5 Å². The van der Waals surface area contributed by atoms with Gasteiger partial charge in [-0.2, -0.15) is 0 Å². The molecule has 174 valence electrons. The Morgan fingerprint density at radius 1 is 0.677 bits per heavy atom. The topological polar surface area (TPSA) is 120 Å². The Hall–Kier alpha value is -1.23. The molecule has 0 N–H and O–H groups in total. The molecule has 1 fully saturated rings. The van der Waals surface area contributed by atoms with Crippen LogP contribution in [0.3, 0.4) is 0 Å². The van der Waals surface area contributed by atoms with Gasteiger partial charge >= 0.3 is 77.3 Å². The molecule has 0 aromatic heterocycles. The first-order chi connectivity index (χ1) is 13.7. The van der Waals surface area contributed by atoms with Crippen LogP contribution in [0.25, 0.3) is 0 Å². The molecule has 6 nitrogen and oxygen atoms in total. The molecule has 0 bridgehead atoms. The van der Waals surface area contributed by atoms with Crippen LogP contribution in [0, 0.1) is 28.1 Å². The van der Waals surface area contributed by atoms with Crippen LogP contribution in [0.2, 0.25) is 3.63 Å². The number of carbonyl (C=O) groups excluding carboxylic acids is 3. The van der Waals surface area contributed by atoms with E-state index < -0.39 is 34.2 Å². The molecule has 7 heteroatoms. The van der Waals surface area contributed by atoms with Gasteiger partial charge in [-0.25, -0.2) is 0 Å². The third-order valence-electron chi connectivity index (χ3n) is 4.41. The Bertz CT molecular complexity index is 587. The molecule has 3 atom stereocenters. The molecule has 2 aliphatic rings. The van der Waals surface area contributed by atoms with Crippen molar-refractivity contribution in [3.8, 4) is 0 Å². The molecule has 3 unspecified atom stereocenters. The van der Waals surface area contributed by atoms with Gasteiger partial charge in [-0.3, -0.25) is 0 Å². The second-order valence-corrected chi connectivity index (χ2v) is 12.6. The Balaban J connectivity index is 0. The number of carboxylic acids is 3. The van der Waals surface area contributed by atoms with Gasteiger partial charge < -0.3 is 29.7 Å². The standard InChI is InChI=1S/C9H11.3C5H10O2.Zr/c1-2-5-9-7-3-6-8(9)4-1;3*1-5(2,3)4(6)7;/h1-2,4-6,8-9H,3,7H2;3*1-3H3,(H,6,7);/q;;;;+3/p-3. The molecule has 0 aliphatic heterocycles. The summed E-state index contributed by atoms with van der Waals surface area (Å²) in [5, 5.41) is 29.7. The van der Waals surface area contributed by atoms with E-state index in [1.807, 2.05) is 0 Å². The first-order valence-corrected chi connectivity index (χ1v) is 11.8. The van der Waals surface area contributed by atoms with Crippen LogP contribution in [0.4, 0.5) is 0 Å². The number of fused-ring (bicyclic) bond motifs is 1. The van der Waals surface area contributed by atoms with Crippen LogP contribution < -0.4 is 15.3 Å². The average molecular weight is 514 g/mol. The monoisotopic (exact) mass is 512 g/mol. The van der Waals surface area contributed by atoms with Crippen molar-refractivity contribution < 1.29 is 54.4 Å². The van der Waals surface area contributed by atoms with Gasteiger partial charge in [0.25, 0.3) is 0 Å². The van der Waals surface area contributed by atoms with E-state index in [2.05, 4.69) is 24.3 Å². The summed E-state index contributed by atoms with van der Waals surface area (Å²) in [4.78, 5) is 29.7. The molecule has 2 rings (SSSR count). The number of aliphatic carboxylic acids is 3. The maximum atomic E-state index is 9.91. The third-order valence-corrected chi connectivity index (χ3v) is 6.07. The fourth-order valence-electron chi connectivity index (χ4n) is 1.96. The van der Waals surface area contributed by atoms with Crippen LogP contribution in [0.15, 0.2) is 24.3 Å². The van der Waals surface area contributed by atoms with Crippen molar-refractivity contribution in [3.63, 3.8) is 0 Å². The average Bonchev–Trinajstić information content (AvgIpc) is 2.95. The van der Waals surface area contributed by atoms with Gasteiger partial charge in [0.05, 0.1) is 0 Å².